The van der Waals surface area contributed by atoms with Gasteiger partial charge in [0.15, 0.2) is 0 Å². The van der Waals surface area contributed by atoms with E-state index >= 15 is 0 Å². The molecule has 1 aromatic carbocycles. The Morgan fingerprint density at radius 2 is 2.16 bits per heavy atom. The Labute approximate surface area is 115 Å². The summed E-state index contributed by atoms with van der Waals surface area (Å²) in [6.45, 7) is 5.88. The second kappa shape index (κ2) is 8.35. The minimum Gasteiger partial charge on any atom is -0.496 e. The second-order valence-corrected chi connectivity index (χ2v) is 4.25. The lowest BCUT2D eigenvalue weighted by Gasteiger charge is -2.12. The van der Waals surface area contributed by atoms with E-state index in [0.29, 0.717) is 17.9 Å². The molecular formula is C16H22O3. The lowest BCUT2D eigenvalue weighted by molar-refractivity contribution is 0.0521. The molecule has 0 unspecified atom stereocenters. The summed E-state index contributed by atoms with van der Waals surface area (Å²) in [6, 6.07) is 5.66. The summed E-state index contributed by atoms with van der Waals surface area (Å²) in [5.41, 5.74) is 1.55. The molecule has 0 spiro atoms. The number of aryl methyl sites for hydroxylation is 1. The van der Waals surface area contributed by atoms with Crippen LogP contribution in [0.5, 0.6) is 5.75 Å². The number of carbonyl (C=O) groups is 1. The number of ether oxygens (including phenoxy) is 2. The average Bonchev–Trinajstić information content (AvgIpc) is 2.43. The van der Waals surface area contributed by atoms with Gasteiger partial charge in [0.1, 0.15) is 11.3 Å². The molecular weight excluding hydrogens is 240 g/mol. The maximum atomic E-state index is 12.0. The summed E-state index contributed by atoms with van der Waals surface area (Å²) < 4.78 is 10.4. The molecule has 0 aliphatic rings. The first-order valence-electron chi connectivity index (χ1n) is 6.68. The number of allylic oxidation sites excluding steroid dienone is 1. The van der Waals surface area contributed by atoms with Crippen molar-refractivity contribution < 1.29 is 14.3 Å². The summed E-state index contributed by atoms with van der Waals surface area (Å²) in [5, 5.41) is 0. The maximum Gasteiger partial charge on any atom is 0.342 e. The number of hydrogen-bond donors (Lipinski definition) is 0. The van der Waals surface area contributed by atoms with Crippen LogP contribution in [0.2, 0.25) is 0 Å². The topological polar surface area (TPSA) is 35.5 Å². The van der Waals surface area contributed by atoms with Crippen LogP contribution in [-0.2, 0) is 11.2 Å². The van der Waals surface area contributed by atoms with Crippen LogP contribution >= 0.6 is 0 Å². The van der Waals surface area contributed by atoms with E-state index in [1.54, 1.807) is 20.1 Å². The maximum absolute atomic E-state index is 12.0. The fraction of sp³-hybridized carbons (Fsp3) is 0.438. The number of carbonyl (C=O) groups excluding carboxylic acids is 1. The van der Waals surface area contributed by atoms with Crippen molar-refractivity contribution >= 4 is 5.97 Å². The highest BCUT2D eigenvalue weighted by Gasteiger charge is 2.17. The third-order valence-corrected chi connectivity index (χ3v) is 2.92. The molecule has 19 heavy (non-hydrogen) atoms. The van der Waals surface area contributed by atoms with Gasteiger partial charge in [-0.3, -0.25) is 0 Å². The van der Waals surface area contributed by atoms with E-state index in [-0.39, 0.29) is 5.97 Å². The Kier molecular flexibility index (Phi) is 6.72. The molecule has 0 heterocycles. The van der Waals surface area contributed by atoms with Crippen molar-refractivity contribution in [2.45, 2.75) is 32.6 Å². The van der Waals surface area contributed by atoms with Gasteiger partial charge in [0.2, 0.25) is 0 Å². The molecule has 1 aromatic rings. The van der Waals surface area contributed by atoms with Crippen LogP contribution in [0.1, 0.15) is 42.1 Å². The van der Waals surface area contributed by atoms with Gasteiger partial charge in [-0.2, -0.15) is 0 Å². The van der Waals surface area contributed by atoms with Crippen LogP contribution in [0.15, 0.2) is 30.9 Å². The predicted molar refractivity (Wildman–Crippen MR) is 76.7 cm³/mol. The molecule has 0 saturated heterocycles. The summed E-state index contributed by atoms with van der Waals surface area (Å²) in [5.74, 6) is 0.276. The van der Waals surface area contributed by atoms with Crippen molar-refractivity contribution in [2.24, 2.45) is 0 Å². The minimum atomic E-state index is -0.307. The zero-order valence-corrected chi connectivity index (χ0v) is 11.8. The lowest BCUT2D eigenvalue weighted by Crippen LogP contribution is -2.10. The summed E-state index contributed by atoms with van der Waals surface area (Å²) in [6.07, 6.45) is 5.85. The van der Waals surface area contributed by atoms with Gasteiger partial charge in [0.05, 0.1) is 13.7 Å². The molecule has 3 nitrogen and oxygen atoms in total. The highest BCUT2D eigenvalue weighted by Crippen LogP contribution is 2.24. The average molecular weight is 262 g/mol. The van der Waals surface area contributed by atoms with Crippen molar-refractivity contribution in [1.29, 1.82) is 0 Å². The van der Waals surface area contributed by atoms with E-state index in [0.717, 1.165) is 31.2 Å². The van der Waals surface area contributed by atoms with Crippen molar-refractivity contribution in [2.75, 3.05) is 13.7 Å². The van der Waals surface area contributed by atoms with Gasteiger partial charge in [-0.05, 0) is 44.2 Å². The Morgan fingerprint density at radius 3 is 2.79 bits per heavy atom. The molecule has 0 bridgehead atoms. The molecule has 3 heteroatoms. The third-order valence-electron chi connectivity index (χ3n) is 2.92. The van der Waals surface area contributed by atoms with Gasteiger partial charge in [0, 0.05) is 0 Å². The first kappa shape index (κ1) is 15.3. The number of methoxy groups -OCH3 is 1. The molecule has 0 aliphatic heterocycles. The molecule has 0 N–H and O–H groups in total. The Bertz CT molecular complexity index is 424. The van der Waals surface area contributed by atoms with Crippen molar-refractivity contribution in [1.82, 2.24) is 0 Å². The molecule has 1 rings (SSSR count). The van der Waals surface area contributed by atoms with E-state index in [9.17, 15) is 4.79 Å². The van der Waals surface area contributed by atoms with E-state index in [1.807, 2.05) is 18.2 Å². The largest absolute Gasteiger partial charge is 0.496 e. The molecule has 0 aromatic heterocycles. The van der Waals surface area contributed by atoms with Gasteiger partial charge in [-0.15, -0.1) is 6.58 Å². The van der Waals surface area contributed by atoms with E-state index in [2.05, 4.69) is 6.58 Å². The summed E-state index contributed by atoms with van der Waals surface area (Å²) in [4.78, 5) is 12.0. The molecule has 0 aliphatic carbocycles. The van der Waals surface area contributed by atoms with Gasteiger partial charge < -0.3 is 9.47 Å². The molecule has 0 saturated carbocycles. The molecule has 0 radical (unpaired) electrons. The van der Waals surface area contributed by atoms with Crippen LogP contribution < -0.4 is 4.74 Å². The van der Waals surface area contributed by atoms with Crippen LogP contribution in [0, 0.1) is 0 Å². The molecule has 0 atom stereocenters. The van der Waals surface area contributed by atoms with Gasteiger partial charge in [-0.25, -0.2) is 4.79 Å². The summed E-state index contributed by atoms with van der Waals surface area (Å²) >= 11 is 0. The molecule has 0 fully saturated rings. The number of hydrogen-bond acceptors (Lipinski definition) is 3. The fourth-order valence-corrected chi connectivity index (χ4v) is 1.99. The van der Waals surface area contributed by atoms with Crippen LogP contribution in [-0.4, -0.2) is 19.7 Å². The van der Waals surface area contributed by atoms with Crippen LogP contribution in [0.3, 0.4) is 0 Å². The van der Waals surface area contributed by atoms with Gasteiger partial charge in [0.25, 0.3) is 0 Å². The highest BCUT2D eigenvalue weighted by molar-refractivity contribution is 5.94. The van der Waals surface area contributed by atoms with Crippen LogP contribution in [0.25, 0.3) is 0 Å². The van der Waals surface area contributed by atoms with E-state index < -0.39 is 0 Å². The number of rotatable bonds is 8. The minimum absolute atomic E-state index is 0.307. The smallest absolute Gasteiger partial charge is 0.342 e. The van der Waals surface area contributed by atoms with Crippen molar-refractivity contribution in [3.63, 3.8) is 0 Å². The first-order valence-corrected chi connectivity index (χ1v) is 6.68. The zero-order valence-electron chi connectivity index (χ0n) is 11.8. The Hall–Kier alpha value is -1.77. The Balaban J connectivity index is 2.88. The second-order valence-electron chi connectivity index (χ2n) is 4.25. The van der Waals surface area contributed by atoms with Gasteiger partial charge in [-0.1, -0.05) is 18.2 Å². The number of benzene rings is 1. The Morgan fingerprint density at radius 1 is 1.37 bits per heavy atom. The first-order chi connectivity index (χ1) is 9.24. The monoisotopic (exact) mass is 262 g/mol. The predicted octanol–water partition coefficient (Wildman–Crippen LogP) is 3.77. The molecule has 104 valence electrons. The standard InChI is InChI=1S/C16H22O3/c1-4-6-7-8-10-13-11-9-12-14(18-3)15(13)16(17)19-5-2/h4,9,11-12H,1,5-8,10H2,2-3H3. The van der Waals surface area contributed by atoms with Gasteiger partial charge >= 0.3 is 5.97 Å². The van der Waals surface area contributed by atoms with E-state index in [4.69, 9.17) is 9.47 Å². The fourth-order valence-electron chi connectivity index (χ4n) is 1.99. The SMILES string of the molecule is C=CCCCCc1cccc(OC)c1C(=O)OCC. The zero-order chi connectivity index (χ0) is 14.1. The van der Waals surface area contributed by atoms with E-state index in [1.165, 1.54) is 0 Å². The van der Waals surface area contributed by atoms with Crippen molar-refractivity contribution in [3.05, 3.63) is 42.0 Å². The number of esters is 1. The quantitative estimate of drug-likeness (QED) is 0.406. The summed E-state index contributed by atoms with van der Waals surface area (Å²) in [7, 11) is 1.57. The number of unbranched alkanes of at least 4 members (excludes halogenated alkanes) is 2. The molecule has 0 amide bonds. The highest BCUT2D eigenvalue weighted by atomic mass is 16.5. The third kappa shape index (κ3) is 4.43. The van der Waals surface area contributed by atoms with Crippen LogP contribution in [0.4, 0.5) is 0 Å². The normalized spacial score (nSPS) is 10.0. The lowest BCUT2D eigenvalue weighted by atomic mass is 10.0. The van der Waals surface area contributed by atoms with Crippen molar-refractivity contribution in [3.8, 4) is 5.75 Å².